The fraction of sp³-hybridized carbons (Fsp3) is 0.381. The average molecular weight is 452 g/mol. The zero-order chi connectivity index (χ0) is 21.9. The molecule has 7 nitrogen and oxygen atoms in total. The van der Waals surface area contributed by atoms with Crippen molar-refractivity contribution in [2.45, 2.75) is 31.2 Å². The minimum atomic E-state index is -3.87. The van der Waals surface area contributed by atoms with Crippen LogP contribution in [-0.2, 0) is 14.8 Å². The second kappa shape index (κ2) is 8.93. The first-order valence-electron chi connectivity index (χ1n) is 9.63. The Labute approximate surface area is 182 Å². The van der Waals surface area contributed by atoms with E-state index in [4.69, 9.17) is 16.3 Å². The predicted octanol–water partition coefficient (Wildman–Crippen LogP) is 3.51. The second-order valence-electron chi connectivity index (χ2n) is 8.10. The van der Waals surface area contributed by atoms with E-state index in [0.717, 1.165) is 18.8 Å². The lowest BCUT2D eigenvalue weighted by Crippen LogP contribution is -2.40. The molecule has 1 aliphatic heterocycles. The number of carbonyl (C=O) groups is 1. The van der Waals surface area contributed by atoms with Gasteiger partial charge >= 0.3 is 0 Å². The summed E-state index contributed by atoms with van der Waals surface area (Å²) in [5, 5.41) is 2.85. The molecule has 162 valence electrons. The van der Waals surface area contributed by atoms with Crippen LogP contribution in [0.2, 0.25) is 5.02 Å². The molecule has 0 unspecified atom stereocenters. The number of hydrogen-bond acceptors (Lipinski definition) is 5. The highest BCUT2D eigenvalue weighted by Crippen LogP contribution is 2.25. The van der Waals surface area contributed by atoms with E-state index >= 15 is 0 Å². The molecule has 1 saturated heterocycles. The maximum atomic E-state index is 12.7. The topological polar surface area (TPSA) is 87.7 Å². The molecule has 2 N–H and O–H groups in total. The molecule has 9 heteroatoms. The molecule has 1 fully saturated rings. The standard InChI is InChI=1S/C21H26ClN3O4S/c1-21(2,3)24-30(27,28)19-14-15(4-9-18(19)22)20(26)23-16-5-7-17(8-6-16)25-10-12-29-13-11-25/h4-9,14,24H,10-13H2,1-3H3,(H,23,26). The maximum absolute atomic E-state index is 12.7. The van der Waals surface area contributed by atoms with Crippen molar-refractivity contribution < 1.29 is 17.9 Å². The monoisotopic (exact) mass is 451 g/mol. The molecular formula is C21H26ClN3O4S. The van der Waals surface area contributed by atoms with E-state index < -0.39 is 21.5 Å². The van der Waals surface area contributed by atoms with Gasteiger partial charge in [0.1, 0.15) is 4.90 Å². The van der Waals surface area contributed by atoms with Gasteiger partial charge in [0.15, 0.2) is 0 Å². The highest BCUT2D eigenvalue weighted by atomic mass is 35.5. The number of benzene rings is 2. The molecule has 1 amide bonds. The van der Waals surface area contributed by atoms with Crippen LogP contribution in [0.1, 0.15) is 31.1 Å². The van der Waals surface area contributed by atoms with Gasteiger partial charge in [0.2, 0.25) is 10.0 Å². The summed E-state index contributed by atoms with van der Waals surface area (Å²) in [4.78, 5) is 14.8. The van der Waals surface area contributed by atoms with E-state index in [1.807, 2.05) is 24.3 Å². The molecular weight excluding hydrogens is 426 g/mol. The average Bonchev–Trinajstić information content (AvgIpc) is 2.67. The Morgan fingerprint density at radius 3 is 2.30 bits per heavy atom. The van der Waals surface area contributed by atoms with Crippen LogP contribution in [0.15, 0.2) is 47.4 Å². The van der Waals surface area contributed by atoms with Crippen LogP contribution in [0.3, 0.4) is 0 Å². The van der Waals surface area contributed by atoms with Crippen LogP contribution >= 0.6 is 11.6 Å². The van der Waals surface area contributed by atoms with Crippen LogP contribution in [-0.4, -0.2) is 46.2 Å². The van der Waals surface area contributed by atoms with Crippen molar-refractivity contribution in [3.8, 4) is 0 Å². The summed E-state index contributed by atoms with van der Waals surface area (Å²) in [6, 6.07) is 11.7. The number of nitrogens with zero attached hydrogens (tertiary/aromatic N) is 1. The van der Waals surface area contributed by atoms with Crippen molar-refractivity contribution in [2.75, 3.05) is 36.5 Å². The second-order valence-corrected chi connectivity index (χ2v) is 10.2. The fourth-order valence-electron chi connectivity index (χ4n) is 3.09. The highest BCUT2D eigenvalue weighted by molar-refractivity contribution is 7.89. The van der Waals surface area contributed by atoms with Gasteiger partial charge in [-0.2, -0.15) is 0 Å². The zero-order valence-corrected chi connectivity index (χ0v) is 18.8. The number of carbonyl (C=O) groups excluding carboxylic acids is 1. The van der Waals surface area contributed by atoms with Crippen molar-refractivity contribution in [3.05, 3.63) is 53.1 Å². The summed E-state index contributed by atoms with van der Waals surface area (Å²) in [5.41, 5.74) is 1.20. The number of rotatable bonds is 5. The van der Waals surface area contributed by atoms with Gasteiger partial charge in [-0.05, 0) is 63.2 Å². The number of sulfonamides is 1. The third-order valence-corrected chi connectivity index (χ3v) is 6.66. The first kappa shape index (κ1) is 22.6. The van der Waals surface area contributed by atoms with E-state index in [-0.39, 0.29) is 15.5 Å². The van der Waals surface area contributed by atoms with E-state index in [1.165, 1.54) is 18.2 Å². The quantitative estimate of drug-likeness (QED) is 0.726. The van der Waals surface area contributed by atoms with Gasteiger partial charge in [-0.3, -0.25) is 4.79 Å². The SMILES string of the molecule is CC(C)(C)NS(=O)(=O)c1cc(C(=O)Nc2ccc(N3CCOCC3)cc2)ccc1Cl. The molecule has 0 radical (unpaired) electrons. The Balaban J connectivity index is 1.75. The summed E-state index contributed by atoms with van der Waals surface area (Å²) in [5.74, 6) is -0.419. The lowest BCUT2D eigenvalue weighted by molar-refractivity contribution is 0.102. The first-order chi connectivity index (χ1) is 14.0. The van der Waals surface area contributed by atoms with Crippen LogP contribution in [0, 0.1) is 0 Å². The number of ether oxygens (including phenoxy) is 1. The van der Waals surface area contributed by atoms with Gasteiger partial charge in [0, 0.05) is 35.6 Å². The summed E-state index contributed by atoms with van der Waals surface area (Å²) in [6.07, 6.45) is 0. The van der Waals surface area contributed by atoms with E-state index in [0.29, 0.717) is 18.9 Å². The minimum Gasteiger partial charge on any atom is -0.378 e. The molecule has 0 bridgehead atoms. The summed E-state index contributed by atoms with van der Waals surface area (Å²) >= 11 is 6.10. The molecule has 2 aromatic rings. The number of hydrogen-bond donors (Lipinski definition) is 2. The third kappa shape index (κ3) is 5.72. The molecule has 0 spiro atoms. The van der Waals surface area contributed by atoms with Crippen molar-refractivity contribution >= 4 is 38.9 Å². The van der Waals surface area contributed by atoms with Gasteiger partial charge in [0.25, 0.3) is 5.91 Å². The highest BCUT2D eigenvalue weighted by Gasteiger charge is 2.25. The summed E-state index contributed by atoms with van der Waals surface area (Å²) < 4.78 is 33.2. The molecule has 0 atom stereocenters. The predicted molar refractivity (Wildman–Crippen MR) is 119 cm³/mol. The first-order valence-corrected chi connectivity index (χ1v) is 11.5. The molecule has 0 saturated carbocycles. The minimum absolute atomic E-state index is 0.0539. The number of amides is 1. The van der Waals surface area contributed by atoms with E-state index in [2.05, 4.69) is 14.9 Å². The van der Waals surface area contributed by atoms with Gasteiger partial charge in [-0.15, -0.1) is 0 Å². The summed E-state index contributed by atoms with van der Waals surface area (Å²) in [7, 11) is -3.87. The fourth-order valence-corrected chi connectivity index (χ4v) is 5.03. The largest absolute Gasteiger partial charge is 0.378 e. The smallest absolute Gasteiger partial charge is 0.255 e. The number of morpholine rings is 1. The van der Waals surface area contributed by atoms with Gasteiger partial charge in [0.05, 0.1) is 18.2 Å². The number of nitrogens with one attached hydrogen (secondary N) is 2. The van der Waals surface area contributed by atoms with Crippen LogP contribution in [0.5, 0.6) is 0 Å². The van der Waals surface area contributed by atoms with Crippen molar-refractivity contribution in [1.82, 2.24) is 4.72 Å². The van der Waals surface area contributed by atoms with Gasteiger partial charge < -0.3 is 15.0 Å². The van der Waals surface area contributed by atoms with Crippen molar-refractivity contribution in [1.29, 1.82) is 0 Å². The van der Waals surface area contributed by atoms with Gasteiger partial charge in [-0.1, -0.05) is 11.6 Å². The Kier molecular flexibility index (Phi) is 6.71. The third-order valence-electron chi connectivity index (χ3n) is 4.42. The molecule has 1 aliphatic rings. The molecule has 3 rings (SSSR count). The Hall–Kier alpha value is -2.13. The normalized spacial score (nSPS) is 15.1. The van der Waals surface area contributed by atoms with E-state index in [9.17, 15) is 13.2 Å². The molecule has 30 heavy (non-hydrogen) atoms. The maximum Gasteiger partial charge on any atom is 0.255 e. The van der Waals surface area contributed by atoms with E-state index in [1.54, 1.807) is 20.8 Å². The molecule has 0 aliphatic carbocycles. The summed E-state index contributed by atoms with van der Waals surface area (Å²) in [6.45, 7) is 8.25. The Morgan fingerprint density at radius 2 is 1.70 bits per heavy atom. The van der Waals surface area contributed by atoms with Crippen molar-refractivity contribution in [3.63, 3.8) is 0 Å². The lowest BCUT2D eigenvalue weighted by atomic mass is 10.1. The van der Waals surface area contributed by atoms with Crippen molar-refractivity contribution in [2.24, 2.45) is 0 Å². The van der Waals surface area contributed by atoms with Crippen LogP contribution in [0.4, 0.5) is 11.4 Å². The van der Waals surface area contributed by atoms with Crippen LogP contribution in [0.25, 0.3) is 0 Å². The molecule has 0 aromatic heterocycles. The Bertz CT molecular complexity index is 1010. The lowest BCUT2D eigenvalue weighted by Gasteiger charge is -2.28. The van der Waals surface area contributed by atoms with Gasteiger partial charge in [-0.25, -0.2) is 13.1 Å². The number of halogens is 1. The zero-order valence-electron chi connectivity index (χ0n) is 17.2. The number of anilines is 2. The molecule has 2 aromatic carbocycles. The van der Waals surface area contributed by atoms with Crippen LogP contribution < -0.4 is 14.9 Å². The Morgan fingerprint density at radius 1 is 1.07 bits per heavy atom. The molecule has 1 heterocycles.